The average Bonchev–Trinajstić information content (AvgIpc) is 2.37. The quantitative estimate of drug-likeness (QED) is 0.902. The highest BCUT2D eigenvalue weighted by molar-refractivity contribution is 8.00. The number of piperidine rings is 1. The summed E-state index contributed by atoms with van der Waals surface area (Å²) in [7, 11) is 0. The number of benzene rings is 1. The summed E-state index contributed by atoms with van der Waals surface area (Å²) in [6, 6.07) is 9.19. The van der Waals surface area contributed by atoms with E-state index in [1.807, 2.05) is 11.8 Å². The highest BCUT2D eigenvalue weighted by Crippen LogP contribution is 2.27. The maximum atomic E-state index is 6.07. The molecule has 3 heteroatoms. The van der Waals surface area contributed by atoms with Crippen molar-refractivity contribution in [1.82, 2.24) is 5.32 Å². The number of ether oxygens (including phenoxy) is 1. The Hall–Kier alpha value is -0.670. The van der Waals surface area contributed by atoms with Crippen LogP contribution in [0, 0.1) is 0 Å². The first-order chi connectivity index (χ1) is 8.92. The molecular weight excluding hydrogens is 242 g/mol. The Balaban J connectivity index is 1.65. The van der Waals surface area contributed by atoms with Gasteiger partial charge in [0, 0.05) is 17.5 Å². The molecule has 1 atom stereocenters. The van der Waals surface area contributed by atoms with Crippen LogP contribution in [0.2, 0.25) is 0 Å². The summed E-state index contributed by atoms with van der Waals surface area (Å²) in [5.41, 5.74) is 1.37. The van der Waals surface area contributed by atoms with Crippen LogP contribution in [0.3, 0.4) is 0 Å². The van der Waals surface area contributed by atoms with Gasteiger partial charge in [-0.2, -0.15) is 11.8 Å². The highest BCUT2D eigenvalue weighted by atomic mass is 32.2. The summed E-state index contributed by atoms with van der Waals surface area (Å²) >= 11 is 1.97. The molecule has 18 heavy (non-hydrogen) atoms. The van der Waals surface area contributed by atoms with E-state index in [0.29, 0.717) is 12.1 Å². The molecule has 2 nitrogen and oxygen atoms in total. The van der Waals surface area contributed by atoms with Crippen LogP contribution in [0.5, 0.6) is 5.75 Å². The molecule has 0 aliphatic carbocycles. The number of nitrogens with one attached hydrogen (secondary N) is 1. The van der Waals surface area contributed by atoms with Gasteiger partial charge < -0.3 is 10.1 Å². The van der Waals surface area contributed by atoms with Gasteiger partial charge in [0.05, 0.1) is 0 Å². The normalized spacial score (nSPS) is 24.6. The molecule has 0 saturated carbocycles. The number of para-hydroxylation sites is 1. The molecule has 2 heterocycles. The van der Waals surface area contributed by atoms with Gasteiger partial charge in [0.2, 0.25) is 0 Å². The Labute approximate surface area is 113 Å². The first kappa shape index (κ1) is 12.4. The maximum absolute atomic E-state index is 6.07. The summed E-state index contributed by atoms with van der Waals surface area (Å²) in [6.45, 7) is 1.17. The second-order valence-corrected chi connectivity index (χ2v) is 6.31. The van der Waals surface area contributed by atoms with Crippen LogP contribution in [0.4, 0.5) is 0 Å². The van der Waals surface area contributed by atoms with E-state index >= 15 is 0 Å². The summed E-state index contributed by atoms with van der Waals surface area (Å²) < 4.78 is 6.07. The lowest BCUT2D eigenvalue weighted by molar-refractivity contribution is 0.236. The third kappa shape index (κ3) is 3.01. The Kier molecular flexibility index (Phi) is 4.11. The van der Waals surface area contributed by atoms with Crippen molar-refractivity contribution < 1.29 is 4.74 Å². The topological polar surface area (TPSA) is 21.3 Å². The van der Waals surface area contributed by atoms with Gasteiger partial charge in [-0.25, -0.2) is 0 Å². The number of hydrogen-bond acceptors (Lipinski definition) is 3. The molecule has 0 aromatic heterocycles. The standard InChI is InChI=1S/C15H21NOS/c1-2-7-15(17-14-10-18-11-14)12(5-1)9-13-6-3-4-8-16-13/h1-2,5,7,13-14,16H,3-4,6,8-11H2. The van der Waals surface area contributed by atoms with Crippen LogP contribution in [0.15, 0.2) is 24.3 Å². The number of hydrogen-bond donors (Lipinski definition) is 1. The molecule has 2 fully saturated rings. The number of rotatable bonds is 4. The van der Waals surface area contributed by atoms with Gasteiger partial charge in [0.1, 0.15) is 11.9 Å². The molecule has 2 aliphatic heterocycles. The molecule has 1 aromatic rings. The van der Waals surface area contributed by atoms with Crippen LogP contribution in [0.1, 0.15) is 24.8 Å². The molecule has 0 bridgehead atoms. The Morgan fingerprint density at radius 2 is 2.11 bits per heavy atom. The zero-order valence-corrected chi connectivity index (χ0v) is 11.5. The molecular formula is C15H21NOS. The van der Waals surface area contributed by atoms with Crippen molar-refractivity contribution in [3.8, 4) is 5.75 Å². The zero-order chi connectivity index (χ0) is 12.2. The summed E-state index contributed by atoms with van der Waals surface area (Å²) in [5.74, 6) is 3.40. The third-order valence-electron chi connectivity index (χ3n) is 3.75. The van der Waals surface area contributed by atoms with Gasteiger partial charge in [-0.1, -0.05) is 24.6 Å². The van der Waals surface area contributed by atoms with Crippen molar-refractivity contribution in [1.29, 1.82) is 0 Å². The van der Waals surface area contributed by atoms with Gasteiger partial charge in [-0.15, -0.1) is 0 Å². The molecule has 0 spiro atoms. The fourth-order valence-electron chi connectivity index (χ4n) is 2.61. The first-order valence-electron chi connectivity index (χ1n) is 6.97. The van der Waals surface area contributed by atoms with E-state index in [4.69, 9.17) is 4.74 Å². The van der Waals surface area contributed by atoms with Crippen LogP contribution >= 0.6 is 11.8 Å². The lowest BCUT2D eigenvalue weighted by Crippen LogP contribution is -2.36. The van der Waals surface area contributed by atoms with Crippen LogP contribution < -0.4 is 10.1 Å². The summed E-state index contributed by atoms with van der Waals surface area (Å²) in [6.07, 6.45) is 5.54. The van der Waals surface area contributed by atoms with Crippen LogP contribution in [0.25, 0.3) is 0 Å². The van der Waals surface area contributed by atoms with Crippen molar-refractivity contribution in [3.05, 3.63) is 29.8 Å². The Morgan fingerprint density at radius 3 is 2.83 bits per heavy atom. The Bertz CT molecular complexity index is 386. The molecule has 98 valence electrons. The smallest absolute Gasteiger partial charge is 0.123 e. The summed E-state index contributed by atoms with van der Waals surface area (Å²) in [4.78, 5) is 0. The lowest BCUT2D eigenvalue weighted by Gasteiger charge is -2.28. The monoisotopic (exact) mass is 263 g/mol. The average molecular weight is 263 g/mol. The molecule has 3 rings (SSSR count). The Morgan fingerprint density at radius 1 is 1.22 bits per heavy atom. The molecule has 0 radical (unpaired) electrons. The van der Waals surface area contributed by atoms with E-state index < -0.39 is 0 Å². The first-order valence-corrected chi connectivity index (χ1v) is 8.13. The van der Waals surface area contributed by atoms with Crippen molar-refractivity contribution in [3.63, 3.8) is 0 Å². The van der Waals surface area contributed by atoms with Gasteiger partial charge in [0.25, 0.3) is 0 Å². The minimum atomic E-state index is 0.440. The van der Waals surface area contributed by atoms with E-state index in [9.17, 15) is 0 Å². The van der Waals surface area contributed by atoms with Gasteiger partial charge in [-0.3, -0.25) is 0 Å². The zero-order valence-electron chi connectivity index (χ0n) is 10.7. The molecule has 1 unspecified atom stereocenters. The van der Waals surface area contributed by atoms with Crippen LogP contribution in [-0.2, 0) is 6.42 Å². The van der Waals surface area contributed by atoms with E-state index in [1.165, 1.54) is 31.4 Å². The van der Waals surface area contributed by atoms with Crippen LogP contribution in [-0.4, -0.2) is 30.2 Å². The largest absolute Gasteiger partial charge is 0.488 e. The van der Waals surface area contributed by atoms with Gasteiger partial charge >= 0.3 is 0 Å². The highest BCUT2D eigenvalue weighted by Gasteiger charge is 2.22. The fourth-order valence-corrected chi connectivity index (χ4v) is 3.18. The molecule has 1 aromatic carbocycles. The van der Waals surface area contributed by atoms with E-state index in [1.54, 1.807) is 0 Å². The van der Waals surface area contributed by atoms with Crippen molar-refractivity contribution in [2.24, 2.45) is 0 Å². The van der Waals surface area contributed by atoms with E-state index in [-0.39, 0.29) is 0 Å². The van der Waals surface area contributed by atoms with Gasteiger partial charge in [-0.05, 0) is 37.4 Å². The van der Waals surface area contributed by atoms with E-state index in [2.05, 4.69) is 29.6 Å². The van der Waals surface area contributed by atoms with Gasteiger partial charge in [0.15, 0.2) is 0 Å². The fraction of sp³-hybridized carbons (Fsp3) is 0.600. The minimum absolute atomic E-state index is 0.440. The predicted molar refractivity (Wildman–Crippen MR) is 77.5 cm³/mol. The molecule has 1 N–H and O–H groups in total. The van der Waals surface area contributed by atoms with Crippen molar-refractivity contribution in [2.75, 3.05) is 18.1 Å². The minimum Gasteiger partial charge on any atom is -0.488 e. The molecule has 2 saturated heterocycles. The maximum Gasteiger partial charge on any atom is 0.123 e. The lowest BCUT2D eigenvalue weighted by atomic mass is 9.97. The second-order valence-electron chi connectivity index (χ2n) is 5.24. The molecule has 0 amide bonds. The van der Waals surface area contributed by atoms with E-state index in [0.717, 1.165) is 23.7 Å². The third-order valence-corrected chi connectivity index (χ3v) is 4.97. The SMILES string of the molecule is c1ccc(OC2CSC2)c(CC2CCCCN2)c1. The second kappa shape index (κ2) is 5.98. The predicted octanol–water partition coefficient (Wildman–Crippen LogP) is 2.87. The van der Waals surface area contributed by atoms with Crippen molar-refractivity contribution in [2.45, 2.75) is 37.8 Å². The molecule has 2 aliphatic rings. The number of thioether (sulfide) groups is 1. The summed E-state index contributed by atoms with van der Waals surface area (Å²) in [5, 5.41) is 3.62. The van der Waals surface area contributed by atoms with Crippen molar-refractivity contribution >= 4 is 11.8 Å².